The van der Waals surface area contributed by atoms with Crippen LogP contribution in [-0.2, 0) is 32.0 Å². The molecule has 1 atom stereocenters. The molecule has 0 bridgehead atoms. The molecular weight excluding hydrogens is 374 g/mol. The summed E-state index contributed by atoms with van der Waals surface area (Å²) in [6, 6.07) is 5.92. The molecule has 1 N–H and O–H groups in total. The maximum Gasteiger partial charge on any atom is 0.414 e. The van der Waals surface area contributed by atoms with Crippen molar-refractivity contribution in [2.24, 2.45) is 0 Å². The summed E-state index contributed by atoms with van der Waals surface area (Å²) >= 11 is 0. The number of cyclic esters (lactones) is 1. The van der Waals surface area contributed by atoms with Crippen LogP contribution in [0.15, 0.2) is 18.2 Å². The van der Waals surface area contributed by atoms with Gasteiger partial charge in [0.15, 0.2) is 0 Å². The van der Waals surface area contributed by atoms with Crippen molar-refractivity contribution in [3.05, 3.63) is 29.3 Å². The number of amides is 3. The summed E-state index contributed by atoms with van der Waals surface area (Å²) in [6.07, 6.45) is 2.95. The zero-order valence-electron chi connectivity index (χ0n) is 16.7. The van der Waals surface area contributed by atoms with Gasteiger partial charge in [0.05, 0.1) is 13.1 Å². The van der Waals surface area contributed by atoms with Crippen LogP contribution in [0, 0.1) is 0 Å². The van der Waals surface area contributed by atoms with Crippen LogP contribution in [0.5, 0.6) is 0 Å². The van der Waals surface area contributed by atoms with Crippen LogP contribution in [0.3, 0.4) is 0 Å². The molecule has 2 heterocycles. The van der Waals surface area contributed by atoms with E-state index in [0.29, 0.717) is 45.4 Å². The van der Waals surface area contributed by atoms with Crippen LogP contribution in [0.4, 0.5) is 10.5 Å². The van der Waals surface area contributed by atoms with Gasteiger partial charge in [0.1, 0.15) is 12.4 Å². The average molecular weight is 401 g/mol. The number of carbonyl (C=O) groups excluding carboxylic acids is 4. The molecule has 0 aromatic heterocycles. The van der Waals surface area contributed by atoms with Gasteiger partial charge in [-0.2, -0.15) is 0 Å². The second-order valence-corrected chi connectivity index (χ2v) is 7.45. The third kappa shape index (κ3) is 5.34. The van der Waals surface area contributed by atoms with E-state index in [0.717, 1.165) is 30.4 Å². The average Bonchev–Trinajstić information content (AvgIpc) is 2.93. The molecule has 1 aromatic rings. The zero-order valence-corrected chi connectivity index (χ0v) is 16.7. The molecule has 1 saturated heterocycles. The first kappa shape index (κ1) is 20.8. The summed E-state index contributed by atoms with van der Waals surface area (Å²) < 4.78 is 5.34. The van der Waals surface area contributed by atoms with Crippen molar-refractivity contribution < 1.29 is 23.9 Å². The molecule has 1 fully saturated rings. The summed E-state index contributed by atoms with van der Waals surface area (Å²) in [5.74, 6) is -0.0707. The highest BCUT2D eigenvalue weighted by atomic mass is 16.6. The van der Waals surface area contributed by atoms with Crippen molar-refractivity contribution in [1.82, 2.24) is 10.2 Å². The normalized spacial score (nSPS) is 18.7. The fraction of sp³-hybridized carbons (Fsp3) is 0.524. The Hall–Kier alpha value is -2.90. The smallest absolute Gasteiger partial charge is 0.414 e. The number of aldehydes is 1. The topological polar surface area (TPSA) is 96.0 Å². The van der Waals surface area contributed by atoms with E-state index in [1.165, 1.54) is 12.5 Å². The quantitative estimate of drug-likeness (QED) is 0.551. The second-order valence-electron chi connectivity index (χ2n) is 7.45. The number of rotatable bonds is 7. The van der Waals surface area contributed by atoms with Crippen molar-refractivity contribution in [3.63, 3.8) is 0 Å². The van der Waals surface area contributed by atoms with Crippen molar-refractivity contribution in [2.75, 3.05) is 31.1 Å². The van der Waals surface area contributed by atoms with Gasteiger partial charge < -0.3 is 19.7 Å². The minimum Gasteiger partial charge on any atom is -0.442 e. The van der Waals surface area contributed by atoms with Crippen molar-refractivity contribution >= 4 is 29.9 Å². The van der Waals surface area contributed by atoms with Crippen LogP contribution in [0.1, 0.15) is 37.3 Å². The first-order chi connectivity index (χ1) is 14.0. The van der Waals surface area contributed by atoms with E-state index in [2.05, 4.69) is 5.32 Å². The Morgan fingerprint density at radius 2 is 2.00 bits per heavy atom. The van der Waals surface area contributed by atoms with E-state index in [1.54, 1.807) is 4.90 Å². The summed E-state index contributed by atoms with van der Waals surface area (Å²) in [5, 5.41) is 2.67. The number of ether oxygens (including phenoxy) is 1. The molecule has 29 heavy (non-hydrogen) atoms. The number of hydrogen-bond acceptors (Lipinski definition) is 5. The Labute approximate surface area is 170 Å². The maximum absolute atomic E-state index is 12.4. The van der Waals surface area contributed by atoms with Gasteiger partial charge >= 0.3 is 6.09 Å². The predicted molar refractivity (Wildman–Crippen MR) is 107 cm³/mol. The van der Waals surface area contributed by atoms with Crippen molar-refractivity contribution in [3.8, 4) is 0 Å². The number of unbranched alkanes of at least 4 members (excludes halogenated alkanes) is 1. The zero-order chi connectivity index (χ0) is 20.8. The summed E-state index contributed by atoms with van der Waals surface area (Å²) in [6.45, 7) is 3.41. The predicted octanol–water partition coefficient (Wildman–Crippen LogP) is 1.44. The number of nitrogens with one attached hydrogen (secondary N) is 1. The molecule has 8 nitrogen and oxygen atoms in total. The van der Waals surface area contributed by atoms with Crippen molar-refractivity contribution in [2.45, 2.75) is 45.1 Å². The molecule has 0 saturated carbocycles. The van der Waals surface area contributed by atoms with Gasteiger partial charge in [-0.3, -0.25) is 14.5 Å². The van der Waals surface area contributed by atoms with Gasteiger partial charge in [-0.1, -0.05) is 6.07 Å². The van der Waals surface area contributed by atoms with Gasteiger partial charge in [0.25, 0.3) is 0 Å². The summed E-state index contributed by atoms with van der Waals surface area (Å²) in [5.41, 5.74) is 3.08. The highest BCUT2D eigenvalue weighted by Crippen LogP contribution is 2.26. The van der Waals surface area contributed by atoms with E-state index in [4.69, 9.17) is 4.74 Å². The second kappa shape index (κ2) is 9.54. The summed E-state index contributed by atoms with van der Waals surface area (Å²) in [7, 11) is 0. The standard InChI is InChI=1S/C21H27N3O5/c1-15(26)22-13-19-14-24(21(28)29-19)18-6-5-16-7-9-23(10-8-17(16)12-18)20(27)4-2-3-11-25/h5-6,11-12,19H,2-4,7-10,13-14H2,1H3,(H,22,26)/t19-/m0/s1. The number of carbonyl (C=O) groups is 4. The van der Waals surface area contributed by atoms with Crippen LogP contribution in [0.2, 0.25) is 0 Å². The number of benzene rings is 1. The molecule has 0 unspecified atom stereocenters. The van der Waals surface area contributed by atoms with E-state index in [-0.39, 0.29) is 17.9 Å². The van der Waals surface area contributed by atoms with Gasteiger partial charge in [-0.25, -0.2) is 4.79 Å². The molecule has 156 valence electrons. The first-order valence-corrected chi connectivity index (χ1v) is 10.0. The lowest BCUT2D eigenvalue weighted by molar-refractivity contribution is -0.131. The number of fused-ring (bicyclic) bond motifs is 1. The molecule has 0 radical (unpaired) electrons. The van der Waals surface area contributed by atoms with Gasteiger partial charge in [0.2, 0.25) is 11.8 Å². The van der Waals surface area contributed by atoms with Crippen LogP contribution in [-0.4, -0.2) is 61.4 Å². The minimum absolute atomic E-state index is 0.0869. The Bertz CT molecular complexity index is 795. The maximum atomic E-state index is 12.4. The third-order valence-electron chi connectivity index (χ3n) is 5.32. The Morgan fingerprint density at radius 3 is 2.72 bits per heavy atom. The van der Waals surface area contributed by atoms with E-state index in [9.17, 15) is 19.2 Å². The van der Waals surface area contributed by atoms with E-state index < -0.39 is 6.09 Å². The minimum atomic E-state index is -0.416. The number of nitrogens with zero attached hydrogens (tertiary/aromatic N) is 2. The lowest BCUT2D eigenvalue weighted by atomic mass is 10.0. The largest absolute Gasteiger partial charge is 0.442 e. The highest BCUT2D eigenvalue weighted by molar-refractivity contribution is 5.90. The van der Waals surface area contributed by atoms with Gasteiger partial charge in [0, 0.05) is 38.5 Å². The van der Waals surface area contributed by atoms with E-state index >= 15 is 0 Å². The molecule has 8 heteroatoms. The lowest BCUT2D eigenvalue weighted by Gasteiger charge is -2.20. The first-order valence-electron chi connectivity index (χ1n) is 10.0. The SMILES string of the molecule is CC(=O)NC[C@H]1CN(c2ccc3c(c2)CCN(C(=O)CCCC=O)CC3)C(=O)O1. The third-order valence-corrected chi connectivity index (χ3v) is 5.32. The van der Waals surface area contributed by atoms with Gasteiger partial charge in [-0.15, -0.1) is 0 Å². The molecule has 3 rings (SSSR count). The molecule has 0 aliphatic carbocycles. The lowest BCUT2D eigenvalue weighted by Crippen LogP contribution is -2.33. The van der Waals surface area contributed by atoms with Crippen LogP contribution < -0.4 is 10.2 Å². The highest BCUT2D eigenvalue weighted by Gasteiger charge is 2.32. The fourth-order valence-corrected chi connectivity index (χ4v) is 3.72. The molecule has 3 amide bonds. The Morgan fingerprint density at radius 1 is 1.24 bits per heavy atom. The Balaban J connectivity index is 1.62. The van der Waals surface area contributed by atoms with Crippen LogP contribution in [0.25, 0.3) is 0 Å². The van der Waals surface area contributed by atoms with Crippen LogP contribution >= 0.6 is 0 Å². The Kier molecular flexibility index (Phi) is 6.85. The molecule has 0 spiro atoms. The van der Waals surface area contributed by atoms with E-state index in [1.807, 2.05) is 23.1 Å². The summed E-state index contributed by atoms with van der Waals surface area (Å²) in [4.78, 5) is 49.5. The molecule has 1 aromatic carbocycles. The number of hydrogen-bond donors (Lipinski definition) is 1. The molecule has 2 aliphatic heterocycles. The number of anilines is 1. The van der Waals surface area contributed by atoms with Gasteiger partial charge in [-0.05, 0) is 42.5 Å². The van der Waals surface area contributed by atoms with Crippen molar-refractivity contribution in [1.29, 1.82) is 0 Å². The monoisotopic (exact) mass is 401 g/mol. The molecule has 2 aliphatic rings. The fourth-order valence-electron chi connectivity index (χ4n) is 3.72. The molecular formula is C21H27N3O5.